The molecular weight excluding hydrogens is 304 g/mol. The van der Waals surface area contributed by atoms with Gasteiger partial charge in [-0.1, -0.05) is 13.8 Å². The van der Waals surface area contributed by atoms with Crippen LogP contribution in [-0.4, -0.2) is 16.8 Å². The third kappa shape index (κ3) is 5.72. The van der Waals surface area contributed by atoms with Crippen LogP contribution < -0.4 is 16.0 Å². The Morgan fingerprint density at radius 2 is 1.58 bits per heavy atom. The number of anilines is 4. The highest BCUT2D eigenvalue weighted by atomic mass is 16.2. The SMILES string of the molecule is CC(=O)Nc1ccc(Nc2ccc(NC(=O)CC(C)C)cn2)cc1. The topological polar surface area (TPSA) is 83.1 Å². The molecule has 0 unspecified atom stereocenters. The number of nitrogens with one attached hydrogen (secondary N) is 3. The molecule has 0 radical (unpaired) electrons. The molecular formula is C18H22N4O2. The predicted octanol–water partition coefficient (Wildman–Crippen LogP) is 3.77. The summed E-state index contributed by atoms with van der Waals surface area (Å²) in [6.45, 7) is 5.47. The number of amides is 2. The molecule has 2 rings (SSSR count). The zero-order valence-corrected chi connectivity index (χ0v) is 14.1. The Labute approximate surface area is 141 Å². The molecule has 0 atom stereocenters. The molecule has 2 amide bonds. The summed E-state index contributed by atoms with van der Waals surface area (Å²) in [6, 6.07) is 10.9. The van der Waals surface area contributed by atoms with E-state index >= 15 is 0 Å². The Bertz CT molecular complexity index is 694. The molecule has 0 spiro atoms. The lowest BCUT2D eigenvalue weighted by Crippen LogP contribution is -2.13. The number of carbonyl (C=O) groups excluding carboxylic acids is 2. The zero-order valence-electron chi connectivity index (χ0n) is 14.1. The van der Waals surface area contributed by atoms with Crippen molar-refractivity contribution in [2.75, 3.05) is 16.0 Å². The van der Waals surface area contributed by atoms with E-state index in [1.165, 1.54) is 6.92 Å². The Hall–Kier alpha value is -2.89. The molecule has 6 nitrogen and oxygen atoms in total. The molecule has 1 aromatic heterocycles. The van der Waals surface area contributed by atoms with Crippen LogP contribution in [0.2, 0.25) is 0 Å². The largest absolute Gasteiger partial charge is 0.340 e. The third-order valence-electron chi connectivity index (χ3n) is 3.12. The van der Waals surface area contributed by atoms with Gasteiger partial charge in [0.05, 0.1) is 11.9 Å². The van der Waals surface area contributed by atoms with Crippen LogP contribution in [0.15, 0.2) is 42.6 Å². The molecule has 0 bridgehead atoms. The van der Waals surface area contributed by atoms with Crippen LogP contribution in [-0.2, 0) is 9.59 Å². The van der Waals surface area contributed by atoms with Crippen molar-refractivity contribution in [1.29, 1.82) is 0 Å². The van der Waals surface area contributed by atoms with E-state index < -0.39 is 0 Å². The van der Waals surface area contributed by atoms with Crippen molar-refractivity contribution in [2.24, 2.45) is 5.92 Å². The highest BCUT2D eigenvalue weighted by Crippen LogP contribution is 2.19. The van der Waals surface area contributed by atoms with Crippen molar-refractivity contribution in [3.05, 3.63) is 42.6 Å². The van der Waals surface area contributed by atoms with Crippen LogP contribution in [0.4, 0.5) is 22.9 Å². The molecule has 126 valence electrons. The van der Waals surface area contributed by atoms with Gasteiger partial charge in [0.15, 0.2) is 0 Å². The number of hydrogen-bond donors (Lipinski definition) is 3. The predicted molar refractivity (Wildman–Crippen MR) is 96.4 cm³/mol. The molecule has 1 heterocycles. The second kappa shape index (κ2) is 8.10. The normalized spacial score (nSPS) is 10.3. The minimum absolute atomic E-state index is 0.0129. The van der Waals surface area contributed by atoms with Gasteiger partial charge in [0.2, 0.25) is 11.8 Å². The summed E-state index contributed by atoms with van der Waals surface area (Å²) in [7, 11) is 0. The molecule has 0 fully saturated rings. The molecule has 0 aliphatic rings. The first kappa shape index (κ1) is 17.5. The number of hydrogen-bond acceptors (Lipinski definition) is 4. The van der Waals surface area contributed by atoms with Crippen molar-refractivity contribution in [1.82, 2.24) is 4.98 Å². The lowest BCUT2D eigenvalue weighted by atomic mass is 10.1. The van der Waals surface area contributed by atoms with E-state index in [4.69, 9.17) is 0 Å². The minimum Gasteiger partial charge on any atom is -0.340 e. The van der Waals surface area contributed by atoms with Crippen molar-refractivity contribution < 1.29 is 9.59 Å². The summed E-state index contributed by atoms with van der Waals surface area (Å²) >= 11 is 0. The van der Waals surface area contributed by atoms with Gasteiger partial charge in [-0.05, 0) is 42.3 Å². The van der Waals surface area contributed by atoms with Gasteiger partial charge in [0, 0.05) is 24.7 Å². The molecule has 3 N–H and O–H groups in total. The average Bonchev–Trinajstić information content (AvgIpc) is 2.50. The third-order valence-corrected chi connectivity index (χ3v) is 3.12. The first-order valence-electron chi connectivity index (χ1n) is 7.83. The van der Waals surface area contributed by atoms with E-state index in [2.05, 4.69) is 20.9 Å². The number of aromatic nitrogens is 1. The van der Waals surface area contributed by atoms with Crippen LogP contribution in [0.5, 0.6) is 0 Å². The van der Waals surface area contributed by atoms with Gasteiger partial charge >= 0.3 is 0 Å². The Balaban J connectivity index is 1.93. The molecule has 0 saturated carbocycles. The second-order valence-corrected chi connectivity index (χ2v) is 5.96. The van der Waals surface area contributed by atoms with E-state index in [9.17, 15) is 9.59 Å². The van der Waals surface area contributed by atoms with Crippen molar-refractivity contribution >= 4 is 34.7 Å². The molecule has 0 aliphatic heterocycles. The summed E-state index contributed by atoms with van der Waals surface area (Å²) in [5, 5.41) is 8.69. The van der Waals surface area contributed by atoms with Gasteiger partial charge in [-0.25, -0.2) is 4.98 Å². The first-order chi connectivity index (χ1) is 11.4. The molecule has 24 heavy (non-hydrogen) atoms. The van der Waals surface area contributed by atoms with Crippen LogP contribution in [0.1, 0.15) is 27.2 Å². The Morgan fingerprint density at radius 1 is 0.958 bits per heavy atom. The lowest BCUT2D eigenvalue weighted by molar-refractivity contribution is -0.117. The van der Waals surface area contributed by atoms with E-state index in [0.29, 0.717) is 23.8 Å². The van der Waals surface area contributed by atoms with Gasteiger partial charge in [-0.2, -0.15) is 0 Å². The standard InChI is InChI=1S/C18H22N4O2/c1-12(2)10-18(24)22-16-8-9-17(19-11-16)21-15-6-4-14(5-7-15)20-13(3)23/h4-9,11-12H,10H2,1-3H3,(H,19,21)(H,20,23)(H,22,24). The van der Waals surface area contributed by atoms with Crippen LogP contribution in [0, 0.1) is 5.92 Å². The van der Waals surface area contributed by atoms with Gasteiger partial charge in [-0.3, -0.25) is 9.59 Å². The van der Waals surface area contributed by atoms with E-state index in [-0.39, 0.29) is 11.8 Å². The molecule has 0 aliphatic carbocycles. The van der Waals surface area contributed by atoms with Crippen LogP contribution in [0.25, 0.3) is 0 Å². The van der Waals surface area contributed by atoms with Crippen molar-refractivity contribution in [3.63, 3.8) is 0 Å². The van der Waals surface area contributed by atoms with Gasteiger partial charge in [0.25, 0.3) is 0 Å². The number of nitrogens with zero attached hydrogens (tertiary/aromatic N) is 1. The molecule has 0 saturated heterocycles. The summed E-state index contributed by atoms with van der Waals surface area (Å²) < 4.78 is 0. The maximum Gasteiger partial charge on any atom is 0.224 e. The monoisotopic (exact) mass is 326 g/mol. The molecule has 6 heteroatoms. The fourth-order valence-corrected chi connectivity index (χ4v) is 2.11. The maximum absolute atomic E-state index is 11.7. The van der Waals surface area contributed by atoms with Crippen molar-refractivity contribution in [3.8, 4) is 0 Å². The van der Waals surface area contributed by atoms with Gasteiger partial charge < -0.3 is 16.0 Å². The van der Waals surface area contributed by atoms with Gasteiger partial charge in [-0.15, -0.1) is 0 Å². The van der Waals surface area contributed by atoms with Crippen LogP contribution in [0.3, 0.4) is 0 Å². The number of benzene rings is 1. The average molecular weight is 326 g/mol. The van der Waals surface area contributed by atoms with E-state index in [0.717, 1.165) is 11.4 Å². The maximum atomic E-state index is 11.7. The Morgan fingerprint density at radius 3 is 2.12 bits per heavy atom. The fourth-order valence-electron chi connectivity index (χ4n) is 2.11. The lowest BCUT2D eigenvalue weighted by Gasteiger charge is -2.09. The second-order valence-electron chi connectivity index (χ2n) is 5.96. The van der Waals surface area contributed by atoms with Crippen molar-refractivity contribution in [2.45, 2.75) is 27.2 Å². The van der Waals surface area contributed by atoms with E-state index in [1.807, 2.05) is 38.1 Å². The quantitative estimate of drug-likeness (QED) is 0.754. The first-order valence-corrected chi connectivity index (χ1v) is 7.83. The summed E-state index contributed by atoms with van der Waals surface area (Å²) in [5.74, 6) is 0.872. The molecule has 1 aromatic carbocycles. The van der Waals surface area contributed by atoms with Crippen LogP contribution >= 0.6 is 0 Å². The summed E-state index contributed by atoms with van der Waals surface area (Å²) in [5.41, 5.74) is 2.27. The zero-order chi connectivity index (χ0) is 17.5. The van der Waals surface area contributed by atoms with E-state index in [1.54, 1.807) is 18.3 Å². The highest BCUT2D eigenvalue weighted by Gasteiger charge is 2.05. The number of pyridine rings is 1. The summed E-state index contributed by atoms with van der Waals surface area (Å²) in [4.78, 5) is 27.0. The number of carbonyl (C=O) groups is 2. The highest BCUT2D eigenvalue weighted by molar-refractivity contribution is 5.90. The summed E-state index contributed by atoms with van der Waals surface area (Å²) in [6.07, 6.45) is 2.10. The van der Waals surface area contributed by atoms with Gasteiger partial charge in [0.1, 0.15) is 5.82 Å². The fraction of sp³-hybridized carbons (Fsp3) is 0.278. The molecule has 2 aromatic rings. The Kier molecular flexibility index (Phi) is 5.89. The minimum atomic E-state index is -0.104. The smallest absolute Gasteiger partial charge is 0.224 e. The number of rotatable bonds is 6.